The number of amides is 1. The van der Waals surface area contributed by atoms with E-state index in [1.165, 1.54) is 17.4 Å². The molecule has 1 amide bonds. The van der Waals surface area contributed by atoms with Crippen LogP contribution in [0.1, 0.15) is 4.88 Å². The smallest absolute Gasteiger partial charge is 0.331 e. The van der Waals surface area contributed by atoms with E-state index in [1.54, 1.807) is 37.5 Å². The average molecular weight is 317 g/mol. The first-order valence-electron chi connectivity index (χ1n) is 6.49. The molecular weight excluding hydrogens is 302 g/mol. The normalized spacial score (nSPS) is 10.4. The Hall–Kier alpha value is -2.60. The summed E-state index contributed by atoms with van der Waals surface area (Å²) in [7, 11) is 1.54. The van der Waals surface area contributed by atoms with Crippen LogP contribution >= 0.6 is 11.3 Å². The molecule has 22 heavy (non-hydrogen) atoms. The lowest BCUT2D eigenvalue weighted by Crippen LogP contribution is -2.20. The van der Waals surface area contributed by atoms with Crippen LogP contribution in [-0.4, -0.2) is 25.6 Å². The second kappa shape index (κ2) is 7.99. The molecule has 2 rings (SSSR count). The molecule has 0 aliphatic carbocycles. The summed E-state index contributed by atoms with van der Waals surface area (Å²) in [5, 5.41) is 4.53. The Morgan fingerprint density at radius 1 is 1.27 bits per heavy atom. The van der Waals surface area contributed by atoms with Crippen LogP contribution in [0.25, 0.3) is 6.08 Å². The Labute approximate surface area is 132 Å². The topological polar surface area (TPSA) is 64.6 Å². The van der Waals surface area contributed by atoms with Crippen molar-refractivity contribution in [3.8, 4) is 5.75 Å². The van der Waals surface area contributed by atoms with Crippen molar-refractivity contribution in [1.82, 2.24) is 0 Å². The molecule has 114 valence electrons. The second-order valence-electron chi connectivity index (χ2n) is 4.24. The Morgan fingerprint density at radius 3 is 2.86 bits per heavy atom. The van der Waals surface area contributed by atoms with Crippen molar-refractivity contribution in [3.05, 3.63) is 52.7 Å². The second-order valence-corrected chi connectivity index (χ2v) is 5.22. The van der Waals surface area contributed by atoms with E-state index in [1.807, 2.05) is 17.5 Å². The van der Waals surface area contributed by atoms with Gasteiger partial charge < -0.3 is 14.8 Å². The van der Waals surface area contributed by atoms with Crippen LogP contribution < -0.4 is 10.1 Å². The molecule has 0 bridgehead atoms. The van der Waals surface area contributed by atoms with Gasteiger partial charge >= 0.3 is 5.97 Å². The van der Waals surface area contributed by atoms with Crippen molar-refractivity contribution >= 4 is 35.0 Å². The van der Waals surface area contributed by atoms with Gasteiger partial charge in [0.25, 0.3) is 5.91 Å². The van der Waals surface area contributed by atoms with Gasteiger partial charge in [0.1, 0.15) is 5.75 Å². The van der Waals surface area contributed by atoms with Gasteiger partial charge in [-0.05, 0) is 29.7 Å². The summed E-state index contributed by atoms with van der Waals surface area (Å²) in [5.74, 6) is -0.339. The average Bonchev–Trinajstić information content (AvgIpc) is 3.04. The summed E-state index contributed by atoms with van der Waals surface area (Å²) in [5.41, 5.74) is 0.578. The van der Waals surface area contributed by atoms with Crippen molar-refractivity contribution in [2.24, 2.45) is 0 Å². The van der Waals surface area contributed by atoms with E-state index < -0.39 is 11.9 Å². The van der Waals surface area contributed by atoms with Crippen molar-refractivity contribution in [2.45, 2.75) is 0 Å². The van der Waals surface area contributed by atoms with Crippen LogP contribution in [0, 0.1) is 0 Å². The molecule has 1 aromatic carbocycles. The maximum absolute atomic E-state index is 11.7. The number of anilines is 1. The molecule has 5 nitrogen and oxygen atoms in total. The summed E-state index contributed by atoms with van der Waals surface area (Å²) < 4.78 is 9.92. The third kappa shape index (κ3) is 5.06. The van der Waals surface area contributed by atoms with E-state index in [0.29, 0.717) is 11.4 Å². The molecule has 0 spiro atoms. The van der Waals surface area contributed by atoms with Crippen molar-refractivity contribution in [2.75, 3.05) is 19.0 Å². The van der Waals surface area contributed by atoms with Crippen LogP contribution in [0.5, 0.6) is 5.75 Å². The van der Waals surface area contributed by atoms with Gasteiger partial charge in [-0.1, -0.05) is 12.1 Å². The zero-order valence-electron chi connectivity index (χ0n) is 11.9. The van der Waals surface area contributed by atoms with Crippen LogP contribution in [-0.2, 0) is 14.3 Å². The molecule has 0 fully saturated rings. The number of methoxy groups -OCH3 is 1. The number of carbonyl (C=O) groups excluding carboxylic acids is 2. The maximum Gasteiger partial charge on any atom is 0.331 e. The van der Waals surface area contributed by atoms with Gasteiger partial charge in [0.15, 0.2) is 6.61 Å². The summed E-state index contributed by atoms with van der Waals surface area (Å²) in [4.78, 5) is 24.1. The highest BCUT2D eigenvalue weighted by molar-refractivity contribution is 7.10. The highest BCUT2D eigenvalue weighted by Gasteiger charge is 2.06. The van der Waals surface area contributed by atoms with Crippen molar-refractivity contribution in [1.29, 1.82) is 0 Å². The zero-order valence-corrected chi connectivity index (χ0v) is 12.8. The zero-order chi connectivity index (χ0) is 15.8. The third-order valence-electron chi connectivity index (χ3n) is 2.63. The first-order valence-corrected chi connectivity index (χ1v) is 7.37. The first-order chi connectivity index (χ1) is 10.7. The molecule has 1 aromatic heterocycles. The number of nitrogens with one attached hydrogen (secondary N) is 1. The number of thiophene rings is 1. The number of hydrogen-bond acceptors (Lipinski definition) is 5. The van der Waals surface area contributed by atoms with Gasteiger partial charge in [0.05, 0.1) is 7.11 Å². The lowest BCUT2D eigenvalue weighted by atomic mass is 10.3. The van der Waals surface area contributed by atoms with Crippen LogP contribution in [0.4, 0.5) is 5.69 Å². The molecule has 2 aromatic rings. The molecule has 0 radical (unpaired) electrons. The van der Waals surface area contributed by atoms with E-state index in [2.05, 4.69) is 5.32 Å². The SMILES string of the molecule is COc1cccc(NC(=O)COC(=O)/C=C/c2cccs2)c1. The Bertz CT molecular complexity index is 665. The third-order valence-corrected chi connectivity index (χ3v) is 3.46. The molecule has 0 aliphatic heterocycles. The fraction of sp³-hybridized carbons (Fsp3) is 0.125. The summed E-state index contributed by atoms with van der Waals surface area (Å²) in [6.45, 7) is -0.342. The standard InChI is InChI=1S/C16H15NO4S/c1-20-13-5-2-4-12(10-13)17-15(18)11-21-16(19)8-7-14-6-3-9-22-14/h2-10H,11H2,1H3,(H,17,18)/b8-7+. The summed E-state index contributed by atoms with van der Waals surface area (Å²) in [6, 6.07) is 10.7. The fourth-order valence-electron chi connectivity index (χ4n) is 1.62. The van der Waals surface area contributed by atoms with E-state index in [9.17, 15) is 9.59 Å². The lowest BCUT2D eigenvalue weighted by Gasteiger charge is -2.06. The van der Waals surface area contributed by atoms with Crippen molar-refractivity contribution in [3.63, 3.8) is 0 Å². The minimum absolute atomic E-state index is 0.342. The quantitative estimate of drug-likeness (QED) is 0.657. The van der Waals surface area contributed by atoms with E-state index in [-0.39, 0.29) is 6.61 Å². The monoisotopic (exact) mass is 317 g/mol. The van der Waals surface area contributed by atoms with Gasteiger partial charge in [-0.25, -0.2) is 4.79 Å². The number of ether oxygens (including phenoxy) is 2. The van der Waals surface area contributed by atoms with E-state index in [0.717, 1.165) is 4.88 Å². The molecule has 0 atom stereocenters. The minimum atomic E-state index is -0.561. The minimum Gasteiger partial charge on any atom is -0.497 e. The molecule has 0 unspecified atom stereocenters. The molecule has 0 saturated carbocycles. The van der Waals surface area contributed by atoms with Crippen molar-refractivity contribution < 1.29 is 19.1 Å². The predicted molar refractivity (Wildman–Crippen MR) is 85.9 cm³/mol. The van der Waals surface area contributed by atoms with Gasteiger partial charge in [-0.3, -0.25) is 4.79 Å². The van der Waals surface area contributed by atoms with Gasteiger partial charge in [0.2, 0.25) is 0 Å². The summed E-state index contributed by atoms with van der Waals surface area (Å²) >= 11 is 1.51. The Morgan fingerprint density at radius 2 is 2.14 bits per heavy atom. The van der Waals surface area contributed by atoms with Gasteiger partial charge in [-0.15, -0.1) is 11.3 Å². The lowest BCUT2D eigenvalue weighted by molar-refractivity contribution is -0.142. The Balaban J connectivity index is 1.78. The largest absolute Gasteiger partial charge is 0.497 e. The fourth-order valence-corrected chi connectivity index (χ4v) is 2.24. The van der Waals surface area contributed by atoms with Gasteiger partial charge in [-0.2, -0.15) is 0 Å². The number of carbonyl (C=O) groups is 2. The van der Waals surface area contributed by atoms with E-state index in [4.69, 9.17) is 9.47 Å². The highest BCUT2D eigenvalue weighted by Crippen LogP contribution is 2.16. The molecule has 6 heteroatoms. The molecule has 0 aliphatic rings. The highest BCUT2D eigenvalue weighted by atomic mass is 32.1. The number of hydrogen-bond donors (Lipinski definition) is 1. The van der Waals surface area contributed by atoms with Crippen LogP contribution in [0.15, 0.2) is 47.9 Å². The molecular formula is C16H15NO4S. The summed E-state index contributed by atoms with van der Waals surface area (Å²) in [6.07, 6.45) is 2.94. The van der Waals surface area contributed by atoms with Crippen LogP contribution in [0.3, 0.4) is 0 Å². The molecule has 1 N–H and O–H groups in total. The predicted octanol–water partition coefficient (Wildman–Crippen LogP) is 2.95. The molecule has 1 heterocycles. The first kappa shape index (κ1) is 15.8. The van der Waals surface area contributed by atoms with Gasteiger partial charge in [0, 0.05) is 22.7 Å². The number of benzene rings is 1. The maximum atomic E-state index is 11.7. The van der Waals surface area contributed by atoms with E-state index >= 15 is 0 Å². The number of esters is 1. The van der Waals surface area contributed by atoms with Crippen LogP contribution in [0.2, 0.25) is 0 Å². The Kier molecular flexibility index (Phi) is 5.73. The number of rotatable bonds is 6. The molecule has 0 saturated heterocycles.